The summed E-state index contributed by atoms with van der Waals surface area (Å²) < 4.78 is 1.80. The maximum absolute atomic E-state index is 12.8. The van der Waals surface area contributed by atoms with Crippen molar-refractivity contribution >= 4 is 67.5 Å². The average molecular weight is 501 g/mol. The molecule has 0 aliphatic carbocycles. The quantitative estimate of drug-likeness (QED) is 0.196. The van der Waals surface area contributed by atoms with Crippen LogP contribution >= 0.6 is 23.1 Å². The SMILES string of the molecule is CC(Sc1nc2ccc(N)cc2s1)C(=O)Nc1ccc(-c2cc(C(=O)O)c3ccccc3n2)cc1. The molecule has 0 saturated carbocycles. The van der Waals surface area contributed by atoms with Crippen molar-refractivity contribution in [3.63, 3.8) is 0 Å². The molecule has 9 heteroatoms. The molecule has 35 heavy (non-hydrogen) atoms. The minimum absolute atomic E-state index is 0.140. The zero-order chi connectivity index (χ0) is 24.5. The summed E-state index contributed by atoms with van der Waals surface area (Å²) in [7, 11) is 0. The van der Waals surface area contributed by atoms with Gasteiger partial charge in [-0.15, -0.1) is 11.3 Å². The molecule has 5 aromatic rings. The maximum Gasteiger partial charge on any atom is 0.336 e. The summed E-state index contributed by atoms with van der Waals surface area (Å²) in [5.41, 5.74) is 10.2. The topological polar surface area (TPSA) is 118 Å². The van der Waals surface area contributed by atoms with Crippen LogP contribution in [-0.2, 0) is 4.79 Å². The Balaban J connectivity index is 1.30. The van der Waals surface area contributed by atoms with Crippen LogP contribution in [0.15, 0.2) is 77.1 Å². The van der Waals surface area contributed by atoms with Gasteiger partial charge in [-0.25, -0.2) is 14.8 Å². The van der Waals surface area contributed by atoms with Crippen LogP contribution in [0.25, 0.3) is 32.4 Å². The number of carboxylic acids is 1. The number of aromatic carboxylic acids is 1. The van der Waals surface area contributed by atoms with Crippen molar-refractivity contribution in [2.24, 2.45) is 0 Å². The number of thiazole rings is 1. The number of benzene rings is 3. The summed E-state index contributed by atoms with van der Waals surface area (Å²) in [6.07, 6.45) is 0. The van der Waals surface area contributed by atoms with Crippen molar-refractivity contribution in [2.45, 2.75) is 16.5 Å². The lowest BCUT2D eigenvalue weighted by molar-refractivity contribution is -0.115. The van der Waals surface area contributed by atoms with Crippen LogP contribution in [0.5, 0.6) is 0 Å². The summed E-state index contributed by atoms with van der Waals surface area (Å²) in [6.45, 7) is 1.83. The lowest BCUT2D eigenvalue weighted by atomic mass is 10.0. The van der Waals surface area contributed by atoms with Crippen molar-refractivity contribution in [1.82, 2.24) is 9.97 Å². The molecule has 1 amide bonds. The molecule has 0 aliphatic rings. The second-order valence-corrected chi connectivity index (χ2v) is 10.5. The summed E-state index contributed by atoms with van der Waals surface area (Å²) >= 11 is 2.91. The number of pyridine rings is 1. The molecule has 1 unspecified atom stereocenters. The fraction of sp³-hybridized carbons (Fsp3) is 0.0769. The Morgan fingerprint density at radius 3 is 2.54 bits per heavy atom. The van der Waals surface area contributed by atoms with E-state index >= 15 is 0 Å². The third-order valence-electron chi connectivity index (χ3n) is 5.43. The fourth-order valence-electron chi connectivity index (χ4n) is 3.64. The number of carboxylic acid groups (broad SMARTS) is 1. The molecule has 3 aromatic carbocycles. The number of hydrogen-bond acceptors (Lipinski definition) is 7. The minimum atomic E-state index is -1.00. The Morgan fingerprint density at radius 1 is 1.00 bits per heavy atom. The molecule has 5 rings (SSSR count). The number of fused-ring (bicyclic) bond motifs is 2. The number of nitrogen functional groups attached to an aromatic ring is 1. The average Bonchev–Trinajstić information content (AvgIpc) is 3.24. The Labute approximate surface area is 209 Å². The largest absolute Gasteiger partial charge is 0.478 e. The van der Waals surface area contributed by atoms with Crippen molar-refractivity contribution < 1.29 is 14.7 Å². The minimum Gasteiger partial charge on any atom is -0.478 e. The third-order valence-corrected chi connectivity index (χ3v) is 7.65. The number of thioether (sulfide) groups is 1. The van der Waals surface area contributed by atoms with Crippen LogP contribution in [0, 0.1) is 0 Å². The van der Waals surface area contributed by atoms with Crippen LogP contribution in [0.1, 0.15) is 17.3 Å². The standard InChI is InChI=1S/C26H20N4O3S2/c1-14(34-26-30-21-11-8-16(27)12-23(21)35-26)24(31)28-17-9-6-15(7-10-17)22-13-19(25(32)33)18-4-2-3-5-20(18)29-22/h2-14H,27H2,1H3,(H,28,31)(H,32,33). The van der Waals surface area contributed by atoms with Crippen LogP contribution in [0.2, 0.25) is 0 Å². The molecular formula is C26H20N4O3S2. The van der Waals surface area contributed by atoms with Gasteiger partial charge in [0.2, 0.25) is 5.91 Å². The highest BCUT2D eigenvalue weighted by atomic mass is 32.2. The first-order valence-corrected chi connectivity index (χ1v) is 12.4. The number of rotatable bonds is 6. The zero-order valence-corrected chi connectivity index (χ0v) is 20.2. The highest BCUT2D eigenvalue weighted by molar-refractivity contribution is 8.02. The molecule has 2 heterocycles. The maximum atomic E-state index is 12.8. The highest BCUT2D eigenvalue weighted by Crippen LogP contribution is 2.33. The monoisotopic (exact) mass is 500 g/mol. The molecule has 1 atom stereocenters. The highest BCUT2D eigenvalue weighted by Gasteiger charge is 2.18. The van der Waals surface area contributed by atoms with Gasteiger partial charge in [0.25, 0.3) is 0 Å². The predicted octanol–water partition coefficient (Wildman–Crippen LogP) is 5.91. The molecule has 4 N–H and O–H groups in total. The second kappa shape index (κ2) is 9.36. The van der Waals surface area contributed by atoms with Gasteiger partial charge < -0.3 is 16.2 Å². The summed E-state index contributed by atoms with van der Waals surface area (Å²) in [5.74, 6) is -1.14. The van der Waals surface area contributed by atoms with Crippen molar-refractivity contribution in [1.29, 1.82) is 0 Å². The number of hydrogen-bond donors (Lipinski definition) is 3. The number of nitrogens with two attached hydrogens (primary N) is 1. The molecule has 2 aromatic heterocycles. The van der Waals surface area contributed by atoms with Crippen LogP contribution in [0.4, 0.5) is 11.4 Å². The van der Waals surface area contributed by atoms with Crippen LogP contribution in [-0.4, -0.2) is 32.2 Å². The number of aromatic nitrogens is 2. The molecule has 0 spiro atoms. The van der Waals surface area contributed by atoms with E-state index in [1.807, 2.05) is 43.3 Å². The summed E-state index contributed by atoms with van der Waals surface area (Å²) in [6, 6.07) is 21.5. The predicted molar refractivity (Wildman–Crippen MR) is 142 cm³/mol. The fourth-order valence-corrected chi connectivity index (χ4v) is 5.90. The van der Waals surface area contributed by atoms with Crippen LogP contribution < -0.4 is 11.1 Å². The first-order chi connectivity index (χ1) is 16.9. The summed E-state index contributed by atoms with van der Waals surface area (Å²) in [4.78, 5) is 33.7. The van der Waals surface area contributed by atoms with E-state index in [4.69, 9.17) is 5.73 Å². The van der Waals surface area contributed by atoms with Gasteiger partial charge in [-0.3, -0.25) is 4.79 Å². The van der Waals surface area contributed by atoms with Gasteiger partial charge in [-0.2, -0.15) is 0 Å². The number of anilines is 2. The van der Waals surface area contributed by atoms with E-state index < -0.39 is 5.97 Å². The van der Waals surface area contributed by atoms with Crippen LogP contribution in [0.3, 0.4) is 0 Å². The zero-order valence-electron chi connectivity index (χ0n) is 18.6. The second-order valence-electron chi connectivity index (χ2n) is 7.91. The van der Waals surface area contributed by atoms with Gasteiger partial charge >= 0.3 is 5.97 Å². The molecule has 0 radical (unpaired) electrons. The first kappa shape index (κ1) is 22.8. The normalized spacial score (nSPS) is 12.0. The van der Waals surface area contributed by atoms with E-state index in [9.17, 15) is 14.7 Å². The van der Waals surface area contributed by atoms with Crippen molar-refractivity contribution in [2.75, 3.05) is 11.1 Å². The number of amides is 1. The number of nitrogens with zero attached hydrogens (tertiary/aromatic N) is 2. The smallest absolute Gasteiger partial charge is 0.336 e. The van der Waals surface area contributed by atoms with Crippen molar-refractivity contribution in [3.05, 3.63) is 78.4 Å². The molecule has 0 bridgehead atoms. The van der Waals surface area contributed by atoms with E-state index in [0.29, 0.717) is 28.0 Å². The van der Waals surface area contributed by atoms with Gasteiger partial charge in [0.1, 0.15) is 0 Å². The van der Waals surface area contributed by atoms with Crippen molar-refractivity contribution in [3.8, 4) is 11.3 Å². The molecule has 0 aliphatic heterocycles. The van der Waals surface area contributed by atoms with Gasteiger partial charge in [0, 0.05) is 22.3 Å². The number of nitrogens with one attached hydrogen (secondary N) is 1. The van der Waals surface area contributed by atoms with Gasteiger partial charge in [-0.1, -0.05) is 42.1 Å². The van der Waals surface area contributed by atoms with E-state index in [1.165, 1.54) is 23.1 Å². The Hall–Kier alpha value is -3.95. The Morgan fingerprint density at radius 2 is 1.77 bits per heavy atom. The van der Waals surface area contributed by atoms with E-state index in [2.05, 4.69) is 15.3 Å². The van der Waals surface area contributed by atoms with Gasteiger partial charge in [0.15, 0.2) is 4.34 Å². The Bertz CT molecular complexity index is 1580. The first-order valence-electron chi connectivity index (χ1n) is 10.7. The van der Waals surface area contributed by atoms with E-state index in [-0.39, 0.29) is 16.7 Å². The van der Waals surface area contributed by atoms with E-state index in [0.717, 1.165) is 20.1 Å². The van der Waals surface area contributed by atoms with Gasteiger partial charge in [0.05, 0.1) is 32.2 Å². The molecule has 174 valence electrons. The Kier molecular flexibility index (Phi) is 6.10. The van der Waals surface area contributed by atoms with E-state index in [1.54, 1.807) is 36.4 Å². The summed E-state index contributed by atoms with van der Waals surface area (Å²) in [5, 5.41) is 12.8. The molecule has 0 saturated heterocycles. The molecule has 0 fully saturated rings. The number of carbonyl (C=O) groups excluding carboxylic acids is 1. The third kappa shape index (κ3) is 4.82. The lowest BCUT2D eigenvalue weighted by Gasteiger charge is -2.11. The molecular weight excluding hydrogens is 480 g/mol. The molecule has 7 nitrogen and oxygen atoms in total. The number of carbonyl (C=O) groups is 2. The number of para-hydroxylation sites is 1. The van der Waals surface area contributed by atoms with Gasteiger partial charge in [-0.05, 0) is 49.4 Å². The lowest BCUT2D eigenvalue weighted by Crippen LogP contribution is -2.22.